The third kappa shape index (κ3) is 2.38. The van der Waals surface area contributed by atoms with Crippen molar-refractivity contribution in [3.63, 3.8) is 0 Å². The number of halogens is 1. The number of hydrogen-bond acceptors (Lipinski definition) is 2. The van der Waals surface area contributed by atoms with Gasteiger partial charge in [-0.2, -0.15) is 0 Å². The van der Waals surface area contributed by atoms with Gasteiger partial charge >= 0.3 is 0 Å². The predicted octanol–water partition coefficient (Wildman–Crippen LogP) is 3.01. The van der Waals surface area contributed by atoms with E-state index in [0.29, 0.717) is 5.69 Å². The number of carbonyl (C=O) groups is 1. The van der Waals surface area contributed by atoms with Crippen LogP contribution in [0.5, 0.6) is 0 Å². The Labute approximate surface area is 119 Å². The Morgan fingerprint density at radius 1 is 1.42 bits per heavy atom. The summed E-state index contributed by atoms with van der Waals surface area (Å²) in [7, 11) is 1.85. The van der Waals surface area contributed by atoms with Crippen molar-refractivity contribution in [2.45, 2.75) is 6.42 Å². The Balaban J connectivity index is 1.81. The van der Waals surface area contributed by atoms with E-state index in [1.165, 1.54) is 11.3 Å². The lowest BCUT2D eigenvalue weighted by atomic mass is 10.1. The van der Waals surface area contributed by atoms with Crippen LogP contribution in [0.25, 0.3) is 0 Å². The lowest BCUT2D eigenvalue weighted by molar-refractivity contribution is 0.101. The molecule has 0 saturated heterocycles. The van der Waals surface area contributed by atoms with Gasteiger partial charge in [-0.3, -0.25) is 4.79 Å². The molecule has 3 rings (SSSR count). The van der Waals surface area contributed by atoms with Gasteiger partial charge in [0.05, 0.1) is 0 Å². The highest BCUT2D eigenvalue weighted by molar-refractivity contribution is 9.10. The van der Waals surface area contributed by atoms with Gasteiger partial charge in [0.25, 0.3) is 5.91 Å². The van der Waals surface area contributed by atoms with Crippen molar-refractivity contribution in [1.82, 2.24) is 4.57 Å². The van der Waals surface area contributed by atoms with Crippen LogP contribution >= 0.6 is 15.9 Å². The number of carbonyl (C=O) groups excluding carboxylic acids is 1. The molecule has 1 aliphatic rings. The van der Waals surface area contributed by atoms with Crippen molar-refractivity contribution >= 4 is 33.2 Å². The van der Waals surface area contributed by atoms with E-state index in [1.807, 2.05) is 37.5 Å². The molecule has 19 heavy (non-hydrogen) atoms. The fourth-order valence-electron chi connectivity index (χ4n) is 2.33. The van der Waals surface area contributed by atoms with E-state index >= 15 is 0 Å². The van der Waals surface area contributed by atoms with Gasteiger partial charge in [0.2, 0.25) is 0 Å². The molecule has 1 aromatic heterocycles. The largest absolute Gasteiger partial charge is 0.384 e. The maximum absolute atomic E-state index is 12.2. The number of anilines is 2. The highest BCUT2D eigenvalue weighted by Crippen LogP contribution is 2.25. The summed E-state index contributed by atoms with van der Waals surface area (Å²) in [6.45, 7) is 0.970. The molecule has 0 aliphatic carbocycles. The van der Waals surface area contributed by atoms with Gasteiger partial charge in [-0.15, -0.1) is 0 Å². The van der Waals surface area contributed by atoms with Gasteiger partial charge in [-0.05, 0) is 52.2 Å². The van der Waals surface area contributed by atoms with Crippen LogP contribution in [-0.4, -0.2) is 17.0 Å². The second-order valence-corrected chi connectivity index (χ2v) is 5.57. The van der Waals surface area contributed by atoms with E-state index in [-0.39, 0.29) is 5.91 Å². The summed E-state index contributed by atoms with van der Waals surface area (Å²) >= 11 is 3.37. The smallest absolute Gasteiger partial charge is 0.272 e. The highest BCUT2D eigenvalue weighted by Gasteiger charge is 2.14. The lowest BCUT2D eigenvalue weighted by Crippen LogP contribution is -2.15. The molecule has 0 radical (unpaired) electrons. The first-order chi connectivity index (χ1) is 9.13. The highest BCUT2D eigenvalue weighted by atomic mass is 79.9. The molecule has 0 saturated carbocycles. The number of amides is 1. The Morgan fingerprint density at radius 2 is 2.26 bits per heavy atom. The first kappa shape index (κ1) is 12.3. The molecule has 2 N–H and O–H groups in total. The average Bonchev–Trinajstić information content (AvgIpc) is 2.94. The molecule has 5 heteroatoms. The molecule has 4 nitrogen and oxygen atoms in total. The number of benzene rings is 1. The molecule has 0 fully saturated rings. The third-order valence-corrected chi connectivity index (χ3v) is 3.71. The monoisotopic (exact) mass is 319 g/mol. The fraction of sp³-hybridized carbons (Fsp3) is 0.214. The molecule has 1 aromatic carbocycles. The first-order valence-corrected chi connectivity index (χ1v) is 6.93. The van der Waals surface area contributed by atoms with E-state index in [2.05, 4.69) is 26.6 Å². The van der Waals surface area contributed by atoms with Gasteiger partial charge in [0.15, 0.2) is 0 Å². The normalized spacial score (nSPS) is 12.9. The molecular formula is C14H14BrN3O. The molecule has 0 spiro atoms. The van der Waals surface area contributed by atoms with Crippen LogP contribution in [0.2, 0.25) is 0 Å². The van der Waals surface area contributed by atoms with Gasteiger partial charge in [-0.25, -0.2) is 0 Å². The number of rotatable bonds is 2. The summed E-state index contributed by atoms with van der Waals surface area (Å²) in [4.78, 5) is 12.2. The minimum atomic E-state index is -0.0980. The molecule has 1 aliphatic heterocycles. The van der Waals surface area contributed by atoms with Crippen molar-refractivity contribution in [1.29, 1.82) is 0 Å². The standard InChI is InChI=1S/C14H14BrN3O/c1-18-8-10(15)7-13(18)14(19)17-11-2-3-12-9(6-11)4-5-16-12/h2-3,6-8,16H,4-5H2,1H3,(H,17,19). The minimum absolute atomic E-state index is 0.0980. The molecule has 0 bridgehead atoms. The van der Waals surface area contributed by atoms with Crippen molar-refractivity contribution in [2.24, 2.45) is 7.05 Å². The van der Waals surface area contributed by atoms with E-state index in [1.54, 1.807) is 4.57 Å². The van der Waals surface area contributed by atoms with Crippen LogP contribution in [0, 0.1) is 0 Å². The first-order valence-electron chi connectivity index (χ1n) is 6.13. The number of aromatic nitrogens is 1. The number of fused-ring (bicyclic) bond motifs is 1. The maximum atomic E-state index is 12.2. The van der Waals surface area contributed by atoms with Crippen molar-refractivity contribution in [2.75, 3.05) is 17.2 Å². The molecule has 98 valence electrons. The van der Waals surface area contributed by atoms with Crippen LogP contribution in [0.1, 0.15) is 16.1 Å². The van der Waals surface area contributed by atoms with E-state index in [9.17, 15) is 4.79 Å². The average molecular weight is 320 g/mol. The molecule has 0 atom stereocenters. The van der Waals surface area contributed by atoms with Gasteiger partial charge < -0.3 is 15.2 Å². The topological polar surface area (TPSA) is 46.1 Å². The molecule has 0 unspecified atom stereocenters. The maximum Gasteiger partial charge on any atom is 0.272 e. The summed E-state index contributed by atoms with van der Waals surface area (Å²) in [5.41, 5.74) is 3.89. The summed E-state index contributed by atoms with van der Waals surface area (Å²) < 4.78 is 2.70. The quantitative estimate of drug-likeness (QED) is 0.893. The lowest BCUT2D eigenvalue weighted by Gasteiger charge is -2.08. The van der Waals surface area contributed by atoms with Crippen molar-refractivity contribution in [3.05, 3.63) is 46.2 Å². The zero-order valence-electron chi connectivity index (χ0n) is 10.5. The van der Waals surface area contributed by atoms with Crippen LogP contribution in [-0.2, 0) is 13.5 Å². The minimum Gasteiger partial charge on any atom is -0.384 e. The second kappa shape index (κ2) is 4.74. The summed E-state index contributed by atoms with van der Waals surface area (Å²) in [6, 6.07) is 7.78. The number of aryl methyl sites for hydroxylation is 1. The van der Waals surface area contributed by atoms with Crippen LogP contribution < -0.4 is 10.6 Å². The molecule has 2 aromatic rings. The van der Waals surface area contributed by atoms with E-state index in [4.69, 9.17) is 0 Å². The van der Waals surface area contributed by atoms with Crippen molar-refractivity contribution < 1.29 is 4.79 Å². The second-order valence-electron chi connectivity index (χ2n) is 4.66. The van der Waals surface area contributed by atoms with Crippen molar-refractivity contribution in [3.8, 4) is 0 Å². The molecule has 1 amide bonds. The SMILES string of the molecule is Cn1cc(Br)cc1C(=O)Nc1ccc2c(c1)CCN2. The Morgan fingerprint density at radius 3 is 3.00 bits per heavy atom. The van der Waals surface area contributed by atoms with Crippen LogP contribution in [0.4, 0.5) is 11.4 Å². The Kier molecular flexibility index (Phi) is 3.06. The number of nitrogens with zero attached hydrogens (tertiary/aromatic N) is 1. The number of nitrogens with one attached hydrogen (secondary N) is 2. The summed E-state index contributed by atoms with van der Waals surface area (Å²) in [5.74, 6) is -0.0980. The Hall–Kier alpha value is -1.75. The van der Waals surface area contributed by atoms with Gasteiger partial charge in [-0.1, -0.05) is 0 Å². The van der Waals surface area contributed by atoms with Gasteiger partial charge in [0, 0.05) is 35.6 Å². The van der Waals surface area contributed by atoms with E-state index in [0.717, 1.165) is 23.1 Å². The number of hydrogen-bond donors (Lipinski definition) is 2. The van der Waals surface area contributed by atoms with Crippen LogP contribution in [0.3, 0.4) is 0 Å². The summed E-state index contributed by atoms with van der Waals surface area (Å²) in [5, 5.41) is 6.24. The fourth-order valence-corrected chi connectivity index (χ4v) is 2.85. The summed E-state index contributed by atoms with van der Waals surface area (Å²) in [6.07, 6.45) is 2.87. The predicted molar refractivity (Wildman–Crippen MR) is 79.7 cm³/mol. The molecule has 2 heterocycles. The molecular weight excluding hydrogens is 306 g/mol. The third-order valence-electron chi connectivity index (χ3n) is 3.28. The Bertz CT molecular complexity index is 648. The van der Waals surface area contributed by atoms with Gasteiger partial charge in [0.1, 0.15) is 5.69 Å². The van der Waals surface area contributed by atoms with E-state index < -0.39 is 0 Å². The zero-order chi connectivity index (χ0) is 13.4. The zero-order valence-corrected chi connectivity index (χ0v) is 12.1. The van der Waals surface area contributed by atoms with Crippen LogP contribution in [0.15, 0.2) is 34.9 Å².